The van der Waals surface area contributed by atoms with E-state index in [4.69, 9.17) is 4.74 Å². The average Bonchev–Trinajstić information content (AvgIpc) is 2.79. The van der Waals surface area contributed by atoms with Crippen LogP contribution in [0.1, 0.15) is 27.8 Å². The zero-order chi connectivity index (χ0) is 14.4. The van der Waals surface area contributed by atoms with Crippen LogP contribution in [0, 0.1) is 12.7 Å². The predicted octanol–water partition coefficient (Wildman–Crippen LogP) is 4.02. The third kappa shape index (κ3) is 4.13. The van der Waals surface area contributed by atoms with Gasteiger partial charge >= 0.3 is 0 Å². The van der Waals surface area contributed by atoms with Crippen molar-refractivity contribution in [3.05, 3.63) is 57.0 Å². The summed E-state index contributed by atoms with van der Waals surface area (Å²) in [6, 6.07) is 8.90. The highest BCUT2D eigenvalue weighted by molar-refractivity contribution is 7.12. The van der Waals surface area contributed by atoms with Crippen LogP contribution in [0.15, 0.2) is 30.3 Å². The Bertz CT molecular complexity index is 553. The average molecular weight is 293 g/mol. The number of hydrogen-bond acceptors (Lipinski definition) is 3. The van der Waals surface area contributed by atoms with E-state index in [-0.39, 0.29) is 5.82 Å². The fourth-order valence-corrected chi connectivity index (χ4v) is 2.97. The van der Waals surface area contributed by atoms with Crippen LogP contribution in [-0.4, -0.2) is 6.54 Å². The minimum atomic E-state index is -0.206. The first-order chi connectivity index (χ1) is 9.70. The summed E-state index contributed by atoms with van der Waals surface area (Å²) < 4.78 is 19.1. The second kappa shape index (κ2) is 7.53. The summed E-state index contributed by atoms with van der Waals surface area (Å²) in [4.78, 5) is 2.58. The number of aryl methyl sites for hydroxylation is 1. The first kappa shape index (κ1) is 15.2. The Labute approximate surface area is 123 Å². The predicted molar refractivity (Wildman–Crippen MR) is 81.3 cm³/mol. The second-order valence-corrected chi connectivity index (χ2v) is 6.00. The van der Waals surface area contributed by atoms with E-state index in [1.54, 1.807) is 23.5 Å². The number of ether oxygens (including phenoxy) is 1. The summed E-state index contributed by atoms with van der Waals surface area (Å²) >= 11 is 1.79. The van der Waals surface area contributed by atoms with E-state index in [9.17, 15) is 4.39 Å². The molecule has 0 amide bonds. The van der Waals surface area contributed by atoms with Crippen LogP contribution < -0.4 is 5.32 Å². The largest absolute Gasteiger partial charge is 0.372 e. The van der Waals surface area contributed by atoms with Gasteiger partial charge in [-0.2, -0.15) is 0 Å². The topological polar surface area (TPSA) is 21.3 Å². The fraction of sp³-hybridized carbons (Fsp3) is 0.375. The van der Waals surface area contributed by atoms with Crippen LogP contribution >= 0.6 is 11.3 Å². The van der Waals surface area contributed by atoms with Crippen LogP contribution in [0.2, 0.25) is 0 Å². The molecule has 0 fully saturated rings. The second-order valence-electron chi connectivity index (χ2n) is 4.66. The normalized spacial score (nSPS) is 10.9. The number of benzene rings is 1. The van der Waals surface area contributed by atoms with E-state index in [0.717, 1.165) is 13.1 Å². The highest BCUT2D eigenvalue weighted by atomic mass is 32.1. The van der Waals surface area contributed by atoms with Gasteiger partial charge in [0.1, 0.15) is 5.82 Å². The van der Waals surface area contributed by atoms with E-state index in [1.807, 2.05) is 6.07 Å². The fourth-order valence-electron chi connectivity index (χ4n) is 1.95. The molecule has 0 aliphatic carbocycles. The van der Waals surface area contributed by atoms with Gasteiger partial charge in [-0.25, -0.2) is 4.39 Å². The molecule has 1 heterocycles. The van der Waals surface area contributed by atoms with Gasteiger partial charge in [-0.1, -0.05) is 25.1 Å². The smallest absolute Gasteiger partial charge is 0.128 e. The lowest BCUT2D eigenvalue weighted by Gasteiger charge is -2.05. The lowest BCUT2D eigenvalue weighted by molar-refractivity contribution is 0.105. The van der Waals surface area contributed by atoms with Gasteiger partial charge in [0, 0.05) is 21.9 Å². The molecular weight excluding hydrogens is 273 g/mol. The van der Waals surface area contributed by atoms with Crippen molar-refractivity contribution in [3.63, 3.8) is 0 Å². The SMILES string of the molecule is CCNCc1cc(COCc2ccccc2F)c(C)s1. The minimum absolute atomic E-state index is 0.206. The molecule has 2 nitrogen and oxygen atoms in total. The van der Waals surface area contributed by atoms with Crippen molar-refractivity contribution in [2.75, 3.05) is 6.54 Å². The first-order valence-electron chi connectivity index (χ1n) is 6.80. The molecule has 2 rings (SSSR count). The van der Waals surface area contributed by atoms with Gasteiger partial charge < -0.3 is 10.1 Å². The molecule has 1 aromatic carbocycles. The molecule has 2 aromatic rings. The van der Waals surface area contributed by atoms with Gasteiger partial charge in [0.05, 0.1) is 13.2 Å². The molecular formula is C16H20FNOS. The quantitative estimate of drug-likeness (QED) is 0.832. The minimum Gasteiger partial charge on any atom is -0.372 e. The Morgan fingerprint density at radius 1 is 1.20 bits per heavy atom. The Kier molecular flexibility index (Phi) is 5.71. The zero-order valence-corrected chi connectivity index (χ0v) is 12.7. The molecule has 0 bridgehead atoms. The molecule has 1 N–H and O–H groups in total. The summed E-state index contributed by atoms with van der Waals surface area (Å²) in [6.07, 6.45) is 0. The van der Waals surface area contributed by atoms with Crippen LogP contribution in [-0.2, 0) is 24.5 Å². The summed E-state index contributed by atoms with van der Waals surface area (Å²) in [5, 5.41) is 3.31. The number of thiophene rings is 1. The summed E-state index contributed by atoms with van der Waals surface area (Å²) in [6.45, 7) is 6.90. The van der Waals surface area contributed by atoms with Crippen LogP contribution in [0.25, 0.3) is 0 Å². The summed E-state index contributed by atoms with van der Waals surface area (Å²) in [7, 11) is 0. The molecule has 0 aliphatic heterocycles. The highest BCUT2D eigenvalue weighted by Crippen LogP contribution is 2.22. The summed E-state index contributed by atoms with van der Waals surface area (Å²) in [5.74, 6) is -0.206. The Morgan fingerprint density at radius 3 is 2.70 bits per heavy atom. The Morgan fingerprint density at radius 2 is 1.95 bits per heavy atom. The lowest BCUT2D eigenvalue weighted by atomic mass is 10.2. The van der Waals surface area contributed by atoms with E-state index < -0.39 is 0 Å². The Balaban J connectivity index is 1.88. The molecule has 0 radical (unpaired) electrons. The van der Waals surface area contributed by atoms with Crippen molar-refractivity contribution in [2.45, 2.75) is 33.6 Å². The van der Waals surface area contributed by atoms with E-state index >= 15 is 0 Å². The lowest BCUT2D eigenvalue weighted by Crippen LogP contribution is -2.10. The number of rotatable bonds is 7. The van der Waals surface area contributed by atoms with Crippen molar-refractivity contribution < 1.29 is 9.13 Å². The van der Waals surface area contributed by atoms with Crippen LogP contribution in [0.3, 0.4) is 0 Å². The van der Waals surface area contributed by atoms with Crippen molar-refractivity contribution in [1.29, 1.82) is 0 Å². The maximum Gasteiger partial charge on any atom is 0.128 e. The third-order valence-corrected chi connectivity index (χ3v) is 4.19. The number of halogens is 1. The van der Waals surface area contributed by atoms with Crippen molar-refractivity contribution in [3.8, 4) is 0 Å². The van der Waals surface area contributed by atoms with Gasteiger partial charge in [-0.3, -0.25) is 0 Å². The van der Waals surface area contributed by atoms with Gasteiger partial charge in [0.2, 0.25) is 0 Å². The monoisotopic (exact) mass is 293 g/mol. The van der Waals surface area contributed by atoms with Crippen molar-refractivity contribution in [1.82, 2.24) is 5.32 Å². The van der Waals surface area contributed by atoms with Crippen molar-refractivity contribution >= 4 is 11.3 Å². The first-order valence-corrected chi connectivity index (χ1v) is 7.62. The molecule has 1 aromatic heterocycles. The maximum atomic E-state index is 13.5. The van der Waals surface area contributed by atoms with Gasteiger partial charge in [-0.05, 0) is 31.2 Å². The molecule has 0 unspecified atom stereocenters. The molecule has 0 atom stereocenters. The maximum absolute atomic E-state index is 13.5. The zero-order valence-electron chi connectivity index (χ0n) is 11.9. The molecule has 20 heavy (non-hydrogen) atoms. The van der Waals surface area contributed by atoms with Crippen LogP contribution in [0.4, 0.5) is 4.39 Å². The summed E-state index contributed by atoms with van der Waals surface area (Å²) in [5.41, 5.74) is 1.80. The van der Waals surface area contributed by atoms with E-state index in [0.29, 0.717) is 18.8 Å². The van der Waals surface area contributed by atoms with Gasteiger partial charge in [0.15, 0.2) is 0 Å². The number of nitrogens with one attached hydrogen (secondary N) is 1. The Hall–Kier alpha value is -1.23. The van der Waals surface area contributed by atoms with Gasteiger partial charge in [0.25, 0.3) is 0 Å². The molecule has 0 spiro atoms. The standard InChI is InChI=1S/C16H20FNOS/c1-3-18-9-15-8-14(12(2)20-15)11-19-10-13-6-4-5-7-16(13)17/h4-8,18H,3,9-11H2,1-2H3. The molecule has 4 heteroatoms. The van der Waals surface area contributed by atoms with E-state index in [2.05, 4.69) is 25.2 Å². The van der Waals surface area contributed by atoms with E-state index in [1.165, 1.54) is 21.4 Å². The van der Waals surface area contributed by atoms with Crippen LogP contribution in [0.5, 0.6) is 0 Å². The third-order valence-electron chi connectivity index (χ3n) is 3.09. The molecule has 108 valence electrons. The molecule has 0 saturated heterocycles. The van der Waals surface area contributed by atoms with Crippen molar-refractivity contribution in [2.24, 2.45) is 0 Å². The van der Waals surface area contributed by atoms with Gasteiger partial charge in [-0.15, -0.1) is 11.3 Å². The highest BCUT2D eigenvalue weighted by Gasteiger charge is 2.06. The molecule has 0 aliphatic rings. The number of hydrogen-bond donors (Lipinski definition) is 1. The molecule has 0 saturated carbocycles.